The number of carbonyl (C=O) groups is 1. The number of carbonyl (C=O) groups excluding carboxylic acids is 1. The van der Waals surface area contributed by atoms with Crippen molar-refractivity contribution in [3.05, 3.63) is 116 Å². The molecular formula is C26H16Br2O3. The summed E-state index contributed by atoms with van der Waals surface area (Å²) in [5.74, 6) is 0.141. The maximum atomic E-state index is 14.3. The maximum Gasteiger partial charge on any atom is 0.182 e. The third-order valence-corrected chi connectivity index (χ3v) is 7.17. The van der Waals surface area contributed by atoms with Gasteiger partial charge in [0.05, 0.1) is 8.95 Å². The summed E-state index contributed by atoms with van der Waals surface area (Å²) >= 11 is 6.83. The van der Waals surface area contributed by atoms with Crippen molar-refractivity contribution in [3.63, 3.8) is 0 Å². The summed E-state index contributed by atoms with van der Waals surface area (Å²) in [6, 6.07) is 25.9. The van der Waals surface area contributed by atoms with Crippen molar-refractivity contribution in [2.75, 3.05) is 0 Å². The van der Waals surface area contributed by atoms with Gasteiger partial charge < -0.3 is 10.2 Å². The molecule has 0 aromatic heterocycles. The molecule has 0 amide bonds. The van der Waals surface area contributed by atoms with Crippen LogP contribution in [-0.2, 0) is 5.41 Å². The molecule has 2 N–H and O–H groups in total. The second kappa shape index (κ2) is 7.36. The summed E-state index contributed by atoms with van der Waals surface area (Å²) in [5, 5.41) is 20.2. The van der Waals surface area contributed by atoms with Gasteiger partial charge in [0.15, 0.2) is 5.78 Å². The van der Waals surface area contributed by atoms with Gasteiger partial charge in [-0.25, -0.2) is 0 Å². The minimum absolute atomic E-state index is 0.0584. The lowest BCUT2D eigenvalue weighted by Crippen LogP contribution is -2.41. The molecule has 31 heavy (non-hydrogen) atoms. The van der Waals surface area contributed by atoms with Crippen LogP contribution in [0, 0.1) is 0 Å². The van der Waals surface area contributed by atoms with Crippen LogP contribution in [-0.4, -0.2) is 16.0 Å². The van der Waals surface area contributed by atoms with Crippen molar-refractivity contribution in [1.82, 2.24) is 0 Å². The fourth-order valence-electron chi connectivity index (χ4n) is 4.51. The first-order chi connectivity index (χ1) is 14.9. The number of phenolic OH excluding ortho intramolecular Hbond substituents is 2. The van der Waals surface area contributed by atoms with Gasteiger partial charge >= 0.3 is 0 Å². The molecule has 5 rings (SSSR count). The Balaban J connectivity index is 1.96. The highest BCUT2D eigenvalue weighted by Gasteiger charge is 2.49. The van der Waals surface area contributed by atoms with Crippen molar-refractivity contribution in [3.8, 4) is 22.6 Å². The van der Waals surface area contributed by atoms with Gasteiger partial charge in [-0.1, -0.05) is 60.7 Å². The number of ketones is 1. The van der Waals surface area contributed by atoms with Gasteiger partial charge in [-0.2, -0.15) is 0 Å². The predicted molar refractivity (Wildman–Crippen MR) is 128 cm³/mol. The Labute approximate surface area is 196 Å². The summed E-state index contributed by atoms with van der Waals surface area (Å²) in [6.07, 6.45) is 0. The number of fused-ring (bicyclic) bond motifs is 3. The fraction of sp³-hybridized carbons (Fsp3) is 0.0385. The van der Waals surface area contributed by atoms with E-state index >= 15 is 0 Å². The van der Waals surface area contributed by atoms with E-state index in [4.69, 9.17) is 0 Å². The minimum atomic E-state index is -1.16. The molecule has 0 aliphatic heterocycles. The topological polar surface area (TPSA) is 57.5 Å². The van der Waals surface area contributed by atoms with E-state index in [1.165, 1.54) is 0 Å². The summed E-state index contributed by atoms with van der Waals surface area (Å²) in [7, 11) is 0. The Hall–Kier alpha value is -2.89. The van der Waals surface area contributed by atoms with E-state index in [9.17, 15) is 15.0 Å². The molecule has 0 radical (unpaired) electrons. The van der Waals surface area contributed by atoms with Crippen LogP contribution in [0.5, 0.6) is 11.5 Å². The second-order valence-corrected chi connectivity index (χ2v) is 9.21. The lowest BCUT2D eigenvalue weighted by Gasteiger charge is -2.40. The Morgan fingerprint density at radius 1 is 0.613 bits per heavy atom. The normalized spacial score (nSPS) is 14.1. The molecule has 4 aromatic rings. The van der Waals surface area contributed by atoms with E-state index in [-0.39, 0.29) is 17.3 Å². The third kappa shape index (κ3) is 2.87. The third-order valence-electron chi connectivity index (χ3n) is 5.89. The van der Waals surface area contributed by atoms with Crippen LogP contribution >= 0.6 is 31.9 Å². The Kier molecular flexibility index (Phi) is 4.76. The zero-order valence-electron chi connectivity index (χ0n) is 16.1. The summed E-state index contributed by atoms with van der Waals surface area (Å²) in [6.45, 7) is 0. The molecule has 3 nitrogen and oxygen atoms in total. The van der Waals surface area contributed by atoms with Gasteiger partial charge in [0.2, 0.25) is 0 Å². The van der Waals surface area contributed by atoms with Crippen LogP contribution in [0.3, 0.4) is 0 Å². The number of benzene rings is 4. The van der Waals surface area contributed by atoms with Crippen LogP contribution in [0.15, 0.2) is 93.9 Å². The zero-order valence-corrected chi connectivity index (χ0v) is 19.3. The first kappa shape index (κ1) is 20.0. The monoisotopic (exact) mass is 534 g/mol. The minimum Gasteiger partial charge on any atom is -0.507 e. The predicted octanol–water partition coefficient (Wildman–Crippen LogP) is 6.82. The van der Waals surface area contributed by atoms with Gasteiger partial charge in [-0.3, -0.25) is 4.79 Å². The molecule has 0 saturated carbocycles. The quantitative estimate of drug-likeness (QED) is 0.296. The Bertz CT molecular complexity index is 1310. The molecule has 0 atom stereocenters. The molecule has 152 valence electrons. The zero-order chi connectivity index (χ0) is 21.8. The smallest absolute Gasteiger partial charge is 0.182 e. The molecule has 0 bridgehead atoms. The molecular weight excluding hydrogens is 520 g/mol. The lowest BCUT2D eigenvalue weighted by molar-refractivity contribution is 0.0933. The van der Waals surface area contributed by atoms with Gasteiger partial charge in [-0.05, 0) is 83.9 Å². The summed E-state index contributed by atoms with van der Waals surface area (Å²) in [5.41, 5.74) is 3.66. The summed E-state index contributed by atoms with van der Waals surface area (Å²) < 4.78 is 1.01. The molecule has 1 aliphatic carbocycles. The van der Waals surface area contributed by atoms with Gasteiger partial charge in [0.1, 0.15) is 16.9 Å². The molecule has 1 aliphatic rings. The summed E-state index contributed by atoms with van der Waals surface area (Å²) in [4.78, 5) is 14.3. The molecule has 4 aromatic carbocycles. The van der Waals surface area contributed by atoms with Crippen LogP contribution in [0.25, 0.3) is 11.1 Å². The molecule has 0 saturated heterocycles. The Morgan fingerprint density at radius 3 is 1.65 bits per heavy atom. The number of aromatic hydroxyl groups is 2. The van der Waals surface area contributed by atoms with Gasteiger partial charge in [0, 0.05) is 5.56 Å². The molecule has 0 fully saturated rings. The number of halogens is 2. The first-order valence-electron chi connectivity index (χ1n) is 9.66. The molecule has 0 spiro atoms. The van der Waals surface area contributed by atoms with Crippen molar-refractivity contribution >= 4 is 37.6 Å². The van der Waals surface area contributed by atoms with Crippen molar-refractivity contribution < 1.29 is 15.0 Å². The number of hydrogen-bond acceptors (Lipinski definition) is 3. The average Bonchev–Trinajstić information content (AvgIpc) is 2.79. The SMILES string of the molecule is O=C1c2ccccc2-c2ccccc2C1(c1ccc(O)c(Br)c1)c1ccc(O)c(Br)c1. The first-order valence-corrected chi connectivity index (χ1v) is 11.2. The Morgan fingerprint density at radius 2 is 1.10 bits per heavy atom. The van der Waals surface area contributed by atoms with Crippen molar-refractivity contribution in [1.29, 1.82) is 0 Å². The van der Waals surface area contributed by atoms with Gasteiger partial charge in [-0.15, -0.1) is 0 Å². The van der Waals surface area contributed by atoms with Crippen LogP contribution in [0.2, 0.25) is 0 Å². The number of rotatable bonds is 2. The molecule has 0 heterocycles. The molecule has 0 unspecified atom stereocenters. The van der Waals surface area contributed by atoms with E-state index in [0.717, 1.165) is 27.8 Å². The highest BCUT2D eigenvalue weighted by molar-refractivity contribution is 9.10. The number of phenols is 2. The number of Topliss-reactive ketones (excluding diaryl/α,β-unsaturated/α-hetero) is 1. The van der Waals surface area contributed by atoms with Crippen molar-refractivity contribution in [2.45, 2.75) is 5.41 Å². The lowest BCUT2D eigenvalue weighted by atomic mass is 9.60. The fourth-order valence-corrected chi connectivity index (χ4v) is 5.26. The average molecular weight is 536 g/mol. The highest BCUT2D eigenvalue weighted by atomic mass is 79.9. The molecule has 5 heteroatoms. The van der Waals surface area contributed by atoms with Gasteiger partial charge in [0.25, 0.3) is 0 Å². The van der Waals surface area contributed by atoms with Crippen LogP contribution < -0.4 is 0 Å². The standard InChI is InChI=1S/C26H16Br2O3/c27-21-13-15(9-11-23(21)29)26(16-10-12-24(30)22(28)14-16)20-8-4-3-6-18(20)17-5-1-2-7-19(17)25(26)31/h1-14,29-30H. The van der Waals surface area contributed by atoms with E-state index in [1.807, 2.05) is 48.5 Å². The second-order valence-electron chi connectivity index (χ2n) is 7.50. The highest BCUT2D eigenvalue weighted by Crippen LogP contribution is 2.52. The van der Waals surface area contributed by atoms with E-state index in [2.05, 4.69) is 31.9 Å². The largest absolute Gasteiger partial charge is 0.507 e. The number of hydrogen-bond donors (Lipinski definition) is 2. The maximum absolute atomic E-state index is 14.3. The van der Waals surface area contributed by atoms with E-state index < -0.39 is 5.41 Å². The van der Waals surface area contributed by atoms with E-state index in [0.29, 0.717) is 14.5 Å². The van der Waals surface area contributed by atoms with Crippen LogP contribution in [0.1, 0.15) is 27.0 Å². The van der Waals surface area contributed by atoms with Crippen LogP contribution in [0.4, 0.5) is 0 Å². The van der Waals surface area contributed by atoms with Crippen molar-refractivity contribution in [2.24, 2.45) is 0 Å². The van der Waals surface area contributed by atoms with E-state index in [1.54, 1.807) is 36.4 Å².